The van der Waals surface area contributed by atoms with Crippen molar-refractivity contribution in [2.45, 2.75) is 20.1 Å². The minimum Gasteiger partial charge on any atom is -0.486 e. The number of amides is 1. The Kier molecular flexibility index (Phi) is 8.11. The smallest absolute Gasteiger partial charge is 0.240 e. The van der Waals surface area contributed by atoms with Crippen molar-refractivity contribution >= 4 is 40.9 Å². The van der Waals surface area contributed by atoms with Crippen LogP contribution in [0.1, 0.15) is 12.7 Å². The van der Waals surface area contributed by atoms with Gasteiger partial charge in [0.15, 0.2) is 0 Å². The molecule has 6 nitrogen and oxygen atoms in total. The second kappa shape index (κ2) is 10.3. The van der Waals surface area contributed by atoms with Gasteiger partial charge in [-0.2, -0.15) is 0 Å². The van der Waals surface area contributed by atoms with Gasteiger partial charge >= 0.3 is 0 Å². The number of nitrogens with one attached hydrogen (secondary N) is 1. The topological polar surface area (TPSA) is 82.2 Å². The number of ether oxygens (including phenoxy) is 1. The van der Waals surface area contributed by atoms with E-state index in [1.165, 1.54) is 0 Å². The predicted molar refractivity (Wildman–Crippen MR) is 114 cm³/mol. The lowest BCUT2D eigenvalue weighted by atomic mass is 10.2. The average Bonchev–Trinajstić information content (AvgIpc) is 3.03. The van der Waals surface area contributed by atoms with Crippen LogP contribution in [0.5, 0.6) is 5.75 Å². The van der Waals surface area contributed by atoms with E-state index < -0.39 is 0 Å². The number of halogens is 2. The van der Waals surface area contributed by atoms with Crippen LogP contribution in [-0.4, -0.2) is 28.5 Å². The number of benzene rings is 2. The first-order chi connectivity index (χ1) is 13.1. The third kappa shape index (κ3) is 5.61. The van der Waals surface area contributed by atoms with Crippen LogP contribution in [0.3, 0.4) is 0 Å². The number of carbonyl (C=O) groups excluding carboxylic acids is 1. The van der Waals surface area contributed by atoms with Gasteiger partial charge in [0.25, 0.3) is 0 Å². The van der Waals surface area contributed by atoms with Gasteiger partial charge in [-0.3, -0.25) is 4.79 Å². The fraction of sp³-hybridized carbons (Fsp3) is 0.300. The fourth-order valence-electron chi connectivity index (χ4n) is 2.66. The number of nitrogens with zero attached hydrogens (tertiary/aromatic N) is 2. The molecule has 2 aromatic carbocycles. The summed E-state index contributed by atoms with van der Waals surface area (Å²) in [5.74, 6) is 1.54. The molecule has 28 heavy (non-hydrogen) atoms. The van der Waals surface area contributed by atoms with E-state index in [1.54, 1.807) is 24.3 Å². The zero-order valence-corrected chi connectivity index (χ0v) is 17.2. The van der Waals surface area contributed by atoms with Crippen LogP contribution in [-0.2, 0) is 17.9 Å². The number of imidazole rings is 1. The number of hydrogen-bond donors (Lipinski definition) is 2. The maximum absolute atomic E-state index is 12.4. The number of rotatable bonds is 8. The molecule has 1 heterocycles. The Labute approximate surface area is 175 Å². The van der Waals surface area contributed by atoms with Crippen LogP contribution in [0.4, 0.5) is 0 Å². The van der Waals surface area contributed by atoms with E-state index in [1.807, 2.05) is 35.8 Å². The van der Waals surface area contributed by atoms with Gasteiger partial charge in [0.05, 0.1) is 11.0 Å². The molecular weight excluding hydrogens is 399 g/mol. The van der Waals surface area contributed by atoms with Crippen molar-refractivity contribution in [1.29, 1.82) is 0 Å². The third-order valence-corrected chi connectivity index (χ3v) is 4.52. The van der Waals surface area contributed by atoms with Crippen molar-refractivity contribution in [3.63, 3.8) is 0 Å². The Morgan fingerprint density at radius 2 is 1.96 bits per heavy atom. The van der Waals surface area contributed by atoms with Crippen LogP contribution in [0.15, 0.2) is 48.5 Å². The van der Waals surface area contributed by atoms with Crippen molar-refractivity contribution in [2.75, 3.05) is 13.1 Å². The van der Waals surface area contributed by atoms with E-state index in [0.717, 1.165) is 11.0 Å². The number of carbonyl (C=O) groups is 1. The van der Waals surface area contributed by atoms with Gasteiger partial charge in [-0.15, -0.1) is 12.4 Å². The zero-order valence-electron chi connectivity index (χ0n) is 15.6. The van der Waals surface area contributed by atoms with Crippen molar-refractivity contribution in [2.24, 2.45) is 11.7 Å². The lowest BCUT2D eigenvalue weighted by molar-refractivity contribution is -0.121. The first-order valence-electron chi connectivity index (χ1n) is 8.86. The van der Waals surface area contributed by atoms with E-state index in [4.69, 9.17) is 22.1 Å². The summed E-state index contributed by atoms with van der Waals surface area (Å²) in [6.07, 6.45) is 0. The Morgan fingerprint density at radius 1 is 1.25 bits per heavy atom. The highest BCUT2D eigenvalue weighted by Gasteiger charge is 2.14. The summed E-state index contributed by atoms with van der Waals surface area (Å²) < 4.78 is 7.71. The molecule has 1 atom stereocenters. The Morgan fingerprint density at radius 3 is 2.68 bits per heavy atom. The van der Waals surface area contributed by atoms with Gasteiger partial charge < -0.3 is 20.4 Å². The maximum atomic E-state index is 12.4. The molecule has 3 aromatic rings. The Bertz CT molecular complexity index is 912. The number of nitrogens with two attached hydrogens (primary N) is 1. The largest absolute Gasteiger partial charge is 0.486 e. The third-order valence-electron chi connectivity index (χ3n) is 4.27. The number of para-hydroxylation sites is 2. The second-order valence-electron chi connectivity index (χ2n) is 6.49. The van der Waals surface area contributed by atoms with Crippen LogP contribution < -0.4 is 15.8 Å². The average molecular weight is 423 g/mol. The molecule has 0 saturated carbocycles. The van der Waals surface area contributed by atoms with Crippen molar-refractivity contribution in [3.05, 3.63) is 59.4 Å². The number of hydrogen-bond acceptors (Lipinski definition) is 4. The summed E-state index contributed by atoms with van der Waals surface area (Å²) in [6, 6.07) is 14.9. The molecule has 150 valence electrons. The Hall–Kier alpha value is -2.28. The van der Waals surface area contributed by atoms with Crippen molar-refractivity contribution in [3.8, 4) is 5.75 Å². The molecule has 0 aliphatic rings. The number of fused-ring (bicyclic) bond motifs is 1. The molecule has 0 radical (unpaired) electrons. The molecule has 0 spiro atoms. The van der Waals surface area contributed by atoms with E-state index >= 15 is 0 Å². The first kappa shape index (κ1) is 22.0. The summed E-state index contributed by atoms with van der Waals surface area (Å²) in [4.78, 5) is 17.0. The fourth-order valence-corrected chi connectivity index (χ4v) is 2.79. The standard InChI is InChI=1S/C20H23ClN4O2.ClH/c1-14(10-22)11-23-20(26)12-25-18-5-3-2-4-17(18)24-19(25)13-27-16-8-6-15(21)7-9-16;/h2-9,14H,10-13,22H2,1H3,(H,23,26);1H. The van der Waals surface area contributed by atoms with E-state index in [0.29, 0.717) is 29.7 Å². The summed E-state index contributed by atoms with van der Waals surface area (Å²) >= 11 is 5.90. The molecule has 8 heteroatoms. The van der Waals surface area contributed by atoms with Gasteiger partial charge in [-0.1, -0.05) is 30.7 Å². The molecule has 3 rings (SSSR count). The SMILES string of the molecule is CC(CN)CNC(=O)Cn1c(COc2ccc(Cl)cc2)nc2ccccc21.Cl. The highest BCUT2D eigenvalue weighted by Crippen LogP contribution is 2.20. The zero-order chi connectivity index (χ0) is 19.2. The monoisotopic (exact) mass is 422 g/mol. The molecule has 1 aromatic heterocycles. The second-order valence-corrected chi connectivity index (χ2v) is 6.93. The van der Waals surface area contributed by atoms with E-state index in [9.17, 15) is 4.79 Å². The van der Waals surface area contributed by atoms with Crippen LogP contribution >= 0.6 is 24.0 Å². The minimum atomic E-state index is -0.0776. The minimum absolute atomic E-state index is 0. The summed E-state index contributed by atoms with van der Waals surface area (Å²) in [5.41, 5.74) is 7.33. The molecule has 3 N–H and O–H groups in total. The van der Waals surface area contributed by atoms with Crippen LogP contribution in [0.2, 0.25) is 5.02 Å². The van der Waals surface area contributed by atoms with Crippen molar-refractivity contribution < 1.29 is 9.53 Å². The molecule has 0 aliphatic carbocycles. The van der Waals surface area contributed by atoms with Gasteiger partial charge in [-0.25, -0.2) is 4.98 Å². The molecular formula is C20H24Cl2N4O2. The lowest BCUT2D eigenvalue weighted by Gasteiger charge is -2.13. The summed E-state index contributed by atoms with van der Waals surface area (Å²) in [6.45, 7) is 3.52. The summed E-state index contributed by atoms with van der Waals surface area (Å²) in [5, 5.41) is 3.57. The maximum Gasteiger partial charge on any atom is 0.240 e. The Balaban J connectivity index is 0.00000280. The lowest BCUT2D eigenvalue weighted by Crippen LogP contribution is -2.34. The molecule has 0 saturated heterocycles. The normalized spacial score (nSPS) is 11.7. The van der Waals surface area contributed by atoms with Gasteiger partial charge in [0, 0.05) is 11.6 Å². The molecule has 0 aliphatic heterocycles. The molecule has 0 bridgehead atoms. The highest BCUT2D eigenvalue weighted by atomic mass is 35.5. The highest BCUT2D eigenvalue weighted by molar-refractivity contribution is 6.30. The van der Waals surface area contributed by atoms with E-state index in [-0.39, 0.29) is 37.4 Å². The quantitative estimate of drug-likeness (QED) is 0.582. The molecule has 1 unspecified atom stereocenters. The van der Waals surface area contributed by atoms with Crippen LogP contribution in [0.25, 0.3) is 11.0 Å². The molecule has 1 amide bonds. The van der Waals surface area contributed by atoms with Crippen molar-refractivity contribution in [1.82, 2.24) is 14.9 Å². The van der Waals surface area contributed by atoms with Crippen LogP contribution in [0, 0.1) is 5.92 Å². The van der Waals surface area contributed by atoms with Gasteiger partial charge in [-0.05, 0) is 48.9 Å². The first-order valence-corrected chi connectivity index (χ1v) is 9.24. The van der Waals surface area contributed by atoms with Gasteiger partial charge in [0.2, 0.25) is 5.91 Å². The summed E-state index contributed by atoms with van der Waals surface area (Å²) in [7, 11) is 0. The predicted octanol–water partition coefficient (Wildman–Crippen LogP) is 3.40. The van der Waals surface area contributed by atoms with E-state index in [2.05, 4.69) is 10.3 Å². The van der Waals surface area contributed by atoms with Gasteiger partial charge in [0.1, 0.15) is 24.7 Å². The number of aromatic nitrogens is 2. The molecule has 0 fully saturated rings.